The van der Waals surface area contributed by atoms with Gasteiger partial charge < -0.3 is 5.73 Å². The fourth-order valence-corrected chi connectivity index (χ4v) is 2.20. The quantitative estimate of drug-likeness (QED) is 0.588. The monoisotopic (exact) mass is 195 g/mol. The number of hydrogen-bond acceptors (Lipinski definition) is 1. The molecule has 3 atom stereocenters. The van der Waals surface area contributed by atoms with Crippen molar-refractivity contribution in [2.45, 2.75) is 58.9 Å². The Morgan fingerprint density at radius 2 is 2.00 bits per heavy atom. The van der Waals surface area contributed by atoms with Gasteiger partial charge in [-0.25, -0.2) is 0 Å². The van der Waals surface area contributed by atoms with Gasteiger partial charge in [-0.3, -0.25) is 0 Å². The van der Waals surface area contributed by atoms with Gasteiger partial charge in [-0.05, 0) is 50.9 Å². The van der Waals surface area contributed by atoms with Gasteiger partial charge >= 0.3 is 0 Å². The summed E-state index contributed by atoms with van der Waals surface area (Å²) in [6.07, 6.45) is 8.65. The van der Waals surface area contributed by atoms with Crippen molar-refractivity contribution < 1.29 is 0 Å². The molecule has 1 aliphatic carbocycles. The van der Waals surface area contributed by atoms with Gasteiger partial charge in [-0.2, -0.15) is 0 Å². The van der Waals surface area contributed by atoms with E-state index in [1.165, 1.54) is 32.1 Å². The van der Waals surface area contributed by atoms with Crippen LogP contribution in [0, 0.1) is 11.8 Å². The molecular formula is C13H25N. The standard InChI is InChI=1S/C13H25N/c1-10-5-4-6-12(3)13(14)9-11(2)8-7-10/h5,11-13H,4,6-9,14H2,1-3H3/b10-5+. The zero-order valence-electron chi connectivity index (χ0n) is 9.92. The van der Waals surface area contributed by atoms with Crippen LogP contribution in [0.15, 0.2) is 11.6 Å². The Bertz CT molecular complexity index is 195. The van der Waals surface area contributed by atoms with E-state index in [0.29, 0.717) is 12.0 Å². The predicted molar refractivity (Wildman–Crippen MR) is 63.1 cm³/mol. The zero-order valence-corrected chi connectivity index (χ0v) is 9.92. The summed E-state index contributed by atoms with van der Waals surface area (Å²) in [4.78, 5) is 0. The Labute approximate surface area is 88.8 Å². The molecule has 0 aromatic rings. The van der Waals surface area contributed by atoms with Crippen LogP contribution in [0.5, 0.6) is 0 Å². The topological polar surface area (TPSA) is 26.0 Å². The van der Waals surface area contributed by atoms with Gasteiger partial charge in [-0.15, -0.1) is 0 Å². The molecule has 3 unspecified atom stereocenters. The Balaban J connectivity index is 2.56. The summed E-state index contributed by atoms with van der Waals surface area (Å²) in [6, 6.07) is 0.414. The number of rotatable bonds is 0. The zero-order chi connectivity index (χ0) is 10.6. The molecular weight excluding hydrogens is 170 g/mol. The average molecular weight is 195 g/mol. The second kappa shape index (κ2) is 5.55. The molecule has 1 aliphatic rings. The molecule has 0 aromatic heterocycles. The van der Waals surface area contributed by atoms with Gasteiger partial charge in [0.25, 0.3) is 0 Å². The SMILES string of the molecule is C/C1=C\CCC(C)C(N)CC(C)CC1. The Hall–Kier alpha value is -0.300. The van der Waals surface area contributed by atoms with Gasteiger partial charge in [-0.1, -0.05) is 25.5 Å². The summed E-state index contributed by atoms with van der Waals surface area (Å²) in [5.74, 6) is 1.47. The van der Waals surface area contributed by atoms with Crippen LogP contribution in [0.1, 0.15) is 52.9 Å². The minimum absolute atomic E-state index is 0.414. The highest BCUT2D eigenvalue weighted by molar-refractivity contribution is 4.99. The van der Waals surface area contributed by atoms with Crippen LogP contribution >= 0.6 is 0 Å². The molecule has 82 valence electrons. The Morgan fingerprint density at radius 3 is 2.71 bits per heavy atom. The van der Waals surface area contributed by atoms with Crippen LogP contribution in [0.2, 0.25) is 0 Å². The van der Waals surface area contributed by atoms with Crippen LogP contribution in [-0.4, -0.2) is 6.04 Å². The molecule has 0 fully saturated rings. The van der Waals surface area contributed by atoms with Gasteiger partial charge in [0.1, 0.15) is 0 Å². The van der Waals surface area contributed by atoms with Crippen LogP contribution < -0.4 is 5.73 Å². The third kappa shape index (κ3) is 3.83. The van der Waals surface area contributed by atoms with E-state index in [-0.39, 0.29) is 0 Å². The first-order chi connectivity index (χ1) is 6.59. The van der Waals surface area contributed by atoms with E-state index in [1.54, 1.807) is 5.57 Å². The third-order valence-corrected chi connectivity index (χ3v) is 3.55. The summed E-state index contributed by atoms with van der Waals surface area (Å²) < 4.78 is 0. The molecule has 0 heterocycles. The maximum absolute atomic E-state index is 6.17. The predicted octanol–water partition coefficient (Wildman–Crippen LogP) is 3.50. The van der Waals surface area contributed by atoms with Crippen molar-refractivity contribution in [1.82, 2.24) is 0 Å². The molecule has 1 rings (SSSR count). The van der Waals surface area contributed by atoms with Crippen molar-refractivity contribution in [1.29, 1.82) is 0 Å². The summed E-state index contributed by atoms with van der Waals surface area (Å²) in [5.41, 5.74) is 7.74. The van der Waals surface area contributed by atoms with Crippen molar-refractivity contribution in [3.63, 3.8) is 0 Å². The van der Waals surface area contributed by atoms with Gasteiger partial charge in [0, 0.05) is 6.04 Å². The van der Waals surface area contributed by atoms with Crippen molar-refractivity contribution in [3.8, 4) is 0 Å². The van der Waals surface area contributed by atoms with Crippen LogP contribution in [0.3, 0.4) is 0 Å². The summed E-state index contributed by atoms with van der Waals surface area (Å²) in [7, 11) is 0. The summed E-state index contributed by atoms with van der Waals surface area (Å²) in [6.45, 7) is 6.89. The lowest BCUT2D eigenvalue weighted by atomic mass is 9.86. The molecule has 0 aromatic carbocycles. The van der Waals surface area contributed by atoms with Crippen molar-refractivity contribution in [3.05, 3.63) is 11.6 Å². The fraction of sp³-hybridized carbons (Fsp3) is 0.846. The minimum atomic E-state index is 0.414. The Kier molecular flexibility index (Phi) is 4.67. The fourth-order valence-electron chi connectivity index (χ4n) is 2.20. The normalized spacial score (nSPS) is 40.0. The summed E-state index contributed by atoms with van der Waals surface area (Å²) >= 11 is 0. The molecule has 0 amide bonds. The third-order valence-electron chi connectivity index (χ3n) is 3.55. The van der Waals surface area contributed by atoms with Gasteiger partial charge in [0.2, 0.25) is 0 Å². The largest absolute Gasteiger partial charge is 0.327 e. The first-order valence-electron chi connectivity index (χ1n) is 6.00. The van der Waals surface area contributed by atoms with Gasteiger partial charge in [0.05, 0.1) is 0 Å². The molecule has 0 saturated heterocycles. The molecule has 0 aliphatic heterocycles. The molecule has 1 heteroatoms. The number of nitrogens with two attached hydrogens (primary N) is 1. The molecule has 1 nitrogen and oxygen atoms in total. The Morgan fingerprint density at radius 1 is 1.29 bits per heavy atom. The maximum atomic E-state index is 6.17. The smallest absolute Gasteiger partial charge is 0.00671 e. The van der Waals surface area contributed by atoms with E-state index in [0.717, 1.165) is 5.92 Å². The van der Waals surface area contributed by atoms with Crippen molar-refractivity contribution in [2.75, 3.05) is 0 Å². The van der Waals surface area contributed by atoms with Crippen LogP contribution in [-0.2, 0) is 0 Å². The molecule has 0 saturated carbocycles. The molecule has 0 spiro atoms. The second-order valence-electron chi connectivity index (χ2n) is 5.15. The van der Waals surface area contributed by atoms with Crippen molar-refractivity contribution in [2.24, 2.45) is 17.6 Å². The van der Waals surface area contributed by atoms with E-state index in [2.05, 4.69) is 26.8 Å². The average Bonchev–Trinajstić information content (AvgIpc) is 2.13. The lowest BCUT2D eigenvalue weighted by molar-refractivity contribution is 0.343. The molecule has 0 bridgehead atoms. The molecule has 2 N–H and O–H groups in total. The highest BCUT2D eigenvalue weighted by atomic mass is 14.6. The summed E-state index contributed by atoms with van der Waals surface area (Å²) in [5, 5.41) is 0. The van der Waals surface area contributed by atoms with Crippen molar-refractivity contribution >= 4 is 0 Å². The molecule has 0 radical (unpaired) electrons. The van der Waals surface area contributed by atoms with E-state index in [4.69, 9.17) is 5.73 Å². The lowest BCUT2D eigenvalue weighted by Crippen LogP contribution is -2.30. The first kappa shape index (κ1) is 11.8. The van der Waals surface area contributed by atoms with E-state index in [9.17, 15) is 0 Å². The van der Waals surface area contributed by atoms with E-state index in [1.807, 2.05) is 0 Å². The lowest BCUT2D eigenvalue weighted by Gasteiger charge is -2.24. The second-order valence-corrected chi connectivity index (χ2v) is 5.15. The van der Waals surface area contributed by atoms with E-state index < -0.39 is 0 Å². The van der Waals surface area contributed by atoms with Gasteiger partial charge in [0.15, 0.2) is 0 Å². The number of allylic oxidation sites excluding steroid dienone is 2. The first-order valence-corrected chi connectivity index (χ1v) is 6.00. The molecule has 14 heavy (non-hydrogen) atoms. The van der Waals surface area contributed by atoms with Crippen LogP contribution in [0.4, 0.5) is 0 Å². The van der Waals surface area contributed by atoms with E-state index >= 15 is 0 Å². The van der Waals surface area contributed by atoms with Crippen LogP contribution in [0.25, 0.3) is 0 Å². The highest BCUT2D eigenvalue weighted by Crippen LogP contribution is 2.23. The number of hydrogen-bond donors (Lipinski definition) is 1. The minimum Gasteiger partial charge on any atom is -0.327 e. The highest BCUT2D eigenvalue weighted by Gasteiger charge is 2.16. The maximum Gasteiger partial charge on any atom is 0.00671 e.